The van der Waals surface area contributed by atoms with Crippen molar-refractivity contribution in [3.05, 3.63) is 0 Å². The molecule has 1 saturated heterocycles. The first kappa shape index (κ1) is 16.3. The molecule has 2 nitrogen and oxygen atoms in total. The highest BCUT2D eigenvalue weighted by molar-refractivity contribution is 4.75. The summed E-state index contributed by atoms with van der Waals surface area (Å²) >= 11 is 0. The molecule has 0 aromatic heterocycles. The molecule has 0 aromatic carbocycles. The highest BCUT2D eigenvalue weighted by atomic mass is 16.5. The smallest absolute Gasteiger partial charge is 0.0578 e. The number of hydrogen-bond donors (Lipinski definition) is 0. The van der Waals surface area contributed by atoms with E-state index in [-0.39, 0.29) is 0 Å². The molecular weight excluding hydrogens is 246 g/mol. The van der Waals surface area contributed by atoms with E-state index in [0.717, 1.165) is 11.8 Å². The minimum atomic E-state index is 0.402. The molecule has 2 rings (SSSR count). The predicted octanol–water partition coefficient (Wildman–Crippen LogP) is 4.48. The number of likely N-dealkylation sites (tertiary alicyclic amines) is 1. The minimum Gasteiger partial charge on any atom is -0.376 e. The molecule has 2 aliphatic rings. The van der Waals surface area contributed by atoms with Crippen molar-refractivity contribution in [1.82, 2.24) is 4.90 Å². The molecule has 118 valence electrons. The van der Waals surface area contributed by atoms with E-state index in [0.29, 0.717) is 12.2 Å². The van der Waals surface area contributed by atoms with E-state index in [9.17, 15) is 0 Å². The molecule has 2 fully saturated rings. The number of rotatable bonds is 7. The molecule has 2 heteroatoms. The first-order chi connectivity index (χ1) is 9.63. The first-order valence-electron chi connectivity index (χ1n) is 9.01. The second-order valence-corrected chi connectivity index (χ2v) is 7.52. The third-order valence-electron chi connectivity index (χ3n) is 5.10. The summed E-state index contributed by atoms with van der Waals surface area (Å²) in [7, 11) is 0. The standard InChI is InChI=1S/C18H35NO/c1-15(2)20-18-9-7-17(8-10-18)6-4-5-12-19-13-11-16(3)14-19/h15-18H,4-14H2,1-3H3/t16?,17-,18-. The summed E-state index contributed by atoms with van der Waals surface area (Å²) in [6.07, 6.45) is 12.1. The van der Waals surface area contributed by atoms with Gasteiger partial charge in [-0.15, -0.1) is 0 Å². The summed E-state index contributed by atoms with van der Waals surface area (Å²) in [5.41, 5.74) is 0. The maximum Gasteiger partial charge on any atom is 0.0578 e. The Kier molecular flexibility index (Phi) is 6.83. The molecular formula is C18H35NO. The van der Waals surface area contributed by atoms with Crippen LogP contribution >= 0.6 is 0 Å². The van der Waals surface area contributed by atoms with Crippen LogP contribution in [-0.4, -0.2) is 36.7 Å². The molecule has 0 bridgehead atoms. The van der Waals surface area contributed by atoms with E-state index in [1.54, 1.807) is 0 Å². The summed E-state index contributed by atoms with van der Waals surface area (Å²) in [4.78, 5) is 2.66. The zero-order valence-corrected chi connectivity index (χ0v) is 13.9. The molecule has 0 N–H and O–H groups in total. The number of ether oxygens (including phenoxy) is 1. The fourth-order valence-corrected chi connectivity index (χ4v) is 3.94. The molecule has 1 saturated carbocycles. The Hall–Kier alpha value is -0.0800. The van der Waals surface area contributed by atoms with Crippen LogP contribution in [0.5, 0.6) is 0 Å². The maximum atomic E-state index is 5.94. The number of nitrogens with zero attached hydrogens (tertiary/aromatic N) is 1. The van der Waals surface area contributed by atoms with Gasteiger partial charge in [0.1, 0.15) is 0 Å². The Balaban J connectivity index is 1.49. The van der Waals surface area contributed by atoms with Crippen LogP contribution in [0.4, 0.5) is 0 Å². The van der Waals surface area contributed by atoms with Gasteiger partial charge < -0.3 is 9.64 Å². The van der Waals surface area contributed by atoms with Crippen molar-refractivity contribution in [1.29, 1.82) is 0 Å². The fourth-order valence-electron chi connectivity index (χ4n) is 3.94. The van der Waals surface area contributed by atoms with Crippen molar-refractivity contribution in [2.45, 2.75) is 84.3 Å². The third-order valence-corrected chi connectivity index (χ3v) is 5.10. The SMILES string of the molecule is CC1CCN(CCCC[C@H]2CC[C@H](OC(C)C)CC2)C1. The summed E-state index contributed by atoms with van der Waals surface area (Å²) in [6, 6.07) is 0. The van der Waals surface area contributed by atoms with Crippen LogP contribution < -0.4 is 0 Å². The van der Waals surface area contributed by atoms with Crippen LogP contribution in [0.15, 0.2) is 0 Å². The predicted molar refractivity (Wildman–Crippen MR) is 86.0 cm³/mol. The Morgan fingerprint density at radius 2 is 1.80 bits per heavy atom. The van der Waals surface area contributed by atoms with E-state index in [4.69, 9.17) is 4.74 Å². The molecule has 0 amide bonds. The number of unbranched alkanes of at least 4 members (excludes halogenated alkanes) is 1. The topological polar surface area (TPSA) is 12.5 Å². The minimum absolute atomic E-state index is 0.402. The van der Waals surface area contributed by atoms with Gasteiger partial charge in [0.05, 0.1) is 12.2 Å². The van der Waals surface area contributed by atoms with Gasteiger partial charge in [-0.05, 0) is 77.3 Å². The second kappa shape index (κ2) is 8.38. The van der Waals surface area contributed by atoms with E-state index in [1.807, 2.05) is 0 Å². The average molecular weight is 281 g/mol. The lowest BCUT2D eigenvalue weighted by atomic mass is 9.84. The van der Waals surface area contributed by atoms with Gasteiger partial charge in [-0.25, -0.2) is 0 Å². The quantitative estimate of drug-likeness (QED) is 0.638. The van der Waals surface area contributed by atoms with Crippen molar-refractivity contribution >= 4 is 0 Å². The summed E-state index contributed by atoms with van der Waals surface area (Å²) in [5.74, 6) is 1.92. The Bertz CT molecular complexity index is 258. The lowest BCUT2D eigenvalue weighted by molar-refractivity contribution is -0.0203. The largest absolute Gasteiger partial charge is 0.376 e. The van der Waals surface area contributed by atoms with Crippen molar-refractivity contribution < 1.29 is 4.74 Å². The van der Waals surface area contributed by atoms with E-state index >= 15 is 0 Å². The zero-order valence-electron chi connectivity index (χ0n) is 13.9. The van der Waals surface area contributed by atoms with E-state index < -0.39 is 0 Å². The van der Waals surface area contributed by atoms with Crippen LogP contribution in [0.1, 0.15) is 72.1 Å². The first-order valence-corrected chi connectivity index (χ1v) is 9.01. The normalized spacial score (nSPS) is 32.1. The highest BCUT2D eigenvalue weighted by Crippen LogP contribution is 2.30. The van der Waals surface area contributed by atoms with Crippen molar-refractivity contribution in [3.8, 4) is 0 Å². The van der Waals surface area contributed by atoms with Crippen molar-refractivity contribution in [2.75, 3.05) is 19.6 Å². The monoisotopic (exact) mass is 281 g/mol. The Morgan fingerprint density at radius 3 is 2.40 bits per heavy atom. The maximum absolute atomic E-state index is 5.94. The molecule has 0 radical (unpaired) electrons. The Morgan fingerprint density at radius 1 is 1.05 bits per heavy atom. The van der Waals surface area contributed by atoms with Crippen molar-refractivity contribution in [2.24, 2.45) is 11.8 Å². The molecule has 0 aromatic rings. The Labute approximate surface area is 126 Å². The van der Waals surface area contributed by atoms with Gasteiger partial charge in [0.15, 0.2) is 0 Å². The average Bonchev–Trinajstić information content (AvgIpc) is 2.82. The van der Waals surface area contributed by atoms with Gasteiger partial charge in [0.2, 0.25) is 0 Å². The summed E-state index contributed by atoms with van der Waals surface area (Å²) in [6.45, 7) is 10.7. The van der Waals surface area contributed by atoms with E-state index in [2.05, 4.69) is 25.7 Å². The lowest BCUT2D eigenvalue weighted by Gasteiger charge is -2.30. The van der Waals surface area contributed by atoms with Crippen LogP contribution in [0.3, 0.4) is 0 Å². The van der Waals surface area contributed by atoms with Crippen LogP contribution in [0, 0.1) is 11.8 Å². The van der Waals surface area contributed by atoms with Crippen molar-refractivity contribution in [3.63, 3.8) is 0 Å². The number of hydrogen-bond acceptors (Lipinski definition) is 2. The summed E-state index contributed by atoms with van der Waals surface area (Å²) in [5, 5.41) is 0. The third kappa shape index (κ3) is 5.73. The molecule has 1 atom stereocenters. The van der Waals surface area contributed by atoms with Crippen LogP contribution in [-0.2, 0) is 4.74 Å². The van der Waals surface area contributed by atoms with Gasteiger partial charge >= 0.3 is 0 Å². The van der Waals surface area contributed by atoms with Crippen LogP contribution in [0.2, 0.25) is 0 Å². The van der Waals surface area contributed by atoms with Gasteiger partial charge in [-0.3, -0.25) is 0 Å². The van der Waals surface area contributed by atoms with Gasteiger partial charge in [-0.1, -0.05) is 19.8 Å². The van der Waals surface area contributed by atoms with Gasteiger partial charge in [0, 0.05) is 6.54 Å². The molecule has 20 heavy (non-hydrogen) atoms. The fraction of sp³-hybridized carbons (Fsp3) is 1.00. The second-order valence-electron chi connectivity index (χ2n) is 7.52. The molecule has 1 heterocycles. The summed E-state index contributed by atoms with van der Waals surface area (Å²) < 4.78 is 5.94. The van der Waals surface area contributed by atoms with Gasteiger partial charge in [-0.2, -0.15) is 0 Å². The van der Waals surface area contributed by atoms with E-state index in [1.165, 1.54) is 71.0 Å². The highest BCUT2D eigenvalue weighted by Gasteiger charge is 2.22. The zero-order chi connectivity index (χ0) is 14.4. The lowest BCUT2D eigenvalue weighted by Crippen LogP contribution is -2.24. The molecule has 1 aliphatic carbocycles. The molecule has 1 aliphatic heterocycles. The van der Waals surface area contributed by atoms with Crippen LogP contribution in [0.25, 0.3) is 0 Å². The molecule has 0 spiro atoms. The molecule has 1 unspecified atom stereocenters. The van der Waals surface area contributed by atoms with Gasteiger partial charge in [0.25, 0.3) is 0 Å².